The van der Waals surface area contributed by atoms with Crippen LogP contribution in [0.4, 0.5) is 4.79 Å². The highest BCUT2D eigenvalue weighted by Crippen LogP contribution is 2.32. The van der Waals surface area contributed by atoms with Crippen LogP contribution in [0.1, 0.15) is 34.6 Å². The quantitative estimate of drug-likeness (QED) is 0.727. The van der Waals surface area contributed by atoms with Gasteiger partial charge in [-0.15, -0.1) is 0 Å². The minimum atomic E-state index is -0.560. The summed E-state index contributed by atoms with van der Waals surface area (Å²) in [6.07, 6.45) is 0.276. The van der Waals surface area contributed by atoms with E-state index in [2.05, 4.69) is 0 Å². The summed E-state index contributed by atoms with van der Waals surface area (Å²) >= 11 is 6.15. The zero-order valence-corrected chi connectivity index (χ0v) is 12.2. The molecular weight excluding hydrogens is 254 g/mol. The molecule has 0 aromatic carbocycles. The average molecular weight is 274 g/mol. The SMILES string of the molecule is CC(C)[C@H]1C(Cl)=C(C=O)CN1C(=O)OC(C)(C)C. The fourth-order valence-corrected chi connectivity index (χ4v) is 2.40. The molecular formula is C13H20ClNO3. The van der Waals surface area contributed by atoms with Gasteiger partial charge in [-0.05, 0) is 26.7 Å². The van der Waals surface area contributed by atoms with E-state index in [1.165, 1.54) is 4.90 Å². The molecule has 0 unspecified atom stereocenters. The number of aldehydes is 1. The number of carbonyl (C=O) groups excluding carboxylic acids is 2. The maximum Gasteiger partial charge on any atom is 0.411 e. The van der Waals surface area contributed by atoms with E-state index in [4.69, 9.17) is 16.3 Å². The van der Waals surface area contributed by atoms with Gasteiger partial charge in [-0.2, -0.15) is 0 Å². The molecule has 0 fully saturated rings. The Morgan fingerprint density at radius 1 is 1.50 bits per heavy atom. The van der Waals surface area contributed by atoms with Gasteiger partial charge >= 0.3 is 6.09 Å². The van der Waals surface area contributed by atoms with Crippen LogP contribution in [0.15, 0.2) is 10.6 Å². The molecule has 102 valence electrons. The Hall–Kier alpha value is -1.03. The van der Waals surface area contributed by atoms with Crippen LogP contribution in [-0.4, -0.2) is 35.5 Å². The molecule has 5 heteroatoms. The lowest BCUT2D eigenvalue weighted by atomic mass is 10.0. The summed E-state index contributed by atoms with van der Waals surface area (Å²) in [7, 11) is 0. The molecule has 0 radical (unpaired) electrons. The molecule has 0 N–H and O–H groups in total. The number of rotatable bonds is 2. The van der Waals surface area contributed by atoms with Gasteiger partial charge in [-0.3, -0.25) is 9.69 Å². The van der Waals surface area contributed by atoms with Gasteiger partial charge in [0.15, 0.2) is 0 Å². The summed E-state index contributed by atoms with van der Waals surface area (Å²) in [6.45, 7) is 9.56. The molecule has 0 aromatic rings. The Balaban J connectivity index is 2.91. The fraction of sp³-hybridized carbons (Fsp3) is 0.692. The molecule has 0 aromatic heterocycles. The highest BCUT2D eigenvalue weighted by atomic mass is 35.5. The monoisotopic (exact) mass is 273 g/mol. The molecule has 18 heavy (non-hydrogen) atoms. The van der Waals surface area contributed by atoms with Crippen LogP contribution in [0.2, 0.25) is 0 Å². The number of halogens is 1. The molecule has 4 nitrogen and oxygen atoms in total. The molecule has 0 saturated carbocycles. The van der Waals surface area contributed by atoms with Crippen molar-refractivity contribution in [1.82, 2.24) is 4.90 Å². The van der Waals surface area contributed by atoms with Crippen molar-refractivity contribution in [1.29, 1.82) is 0 Å². The maximum absolute atomic E-state index is 12.1. The molecule has 1 heterocycles. The highest BCUT2D eigenvalue weighted by Gasteiger charge is 2.38. The van der Waals surface area contributed by atoms with Crippen LogP contribution in [-0.2, 0) is 9.53 Å². The largest absolute Gasteiger partial charge is 0.444 e. The molecule has 0 spiro atoms. The number of carbonyl (C=O) groups is 2. The second-order valence-corrected chi connectivity index (χ2v) is 6.20. The first kappa shape index (κ1) is 15.0. The molecule has 1 aliphatic rings. The predicted octanol–water partition coefficient (Wildman–Crippen LogP) is 2.95. The second-order valence-electron chi connectivity index (χ2n) is 5.79. The van der Waals surface area contributed by atoms with Gasteiger partial charge in [0, 0.05) is 10.6 Å². The lowest BCUT2D eigenvalue weighted by molar-refractivity contribution is -0.105. The molecule has 0 aliphatic carbocycles. The van der Waals surface area contributed by atoms with Gasteiger partial charge in [0.1, 0.15) is 11.9 Å². The van der Waals surface area contributed by atoms with E-state index in [1.54, 1.807) is 20.8 Å². The predicted molar refractivity (Wildman–Crippen MR) is 70.5 cm³/mol. The third-order valence-electron chi connectivity index (χ3n) is 2.64. The molecule has 1 rings (SSSR count). The van der Waals surface area contributed by atoms with Crippen molar-refractivity contribution >= 4 is 24.0 Å². The van der Waals surface area contributed by atoms with E-state index in [0.717, 1.165) is 0 Å². The van der Waals surface area contributed by atoms with Gasteiger partial charge in [-0.1, -0.05) is 25.4 Å². The molecule has 1 atom stereocenters. The van der Waals surface area contributed by atoms with E-state index < -0.39 is 11.7 Å². The van der Waals surface area contributed by atoms with Crippen LogP contribution < -0.4 is 0 Å². The van der Waals surface area contributed by atoms with Gasteiger partial charge in [0.25, 0.3) is 0 Å². The van der Waals surface area contributed by atoms with E-state index >= 15 is 0 Å². The van der Waals surface area contributed by atoms with Gasteiger partial charge in [0.05, 0.1) is 12.6 Å². The smallest absolute Gasteiger partial charge is 0.411 e. The Kier molecular flexibility index (Phi) is 4.43. The van der Waals surface area contributed by atoms with E-state index in [9.17, 15) is 9.59 Å². The Morgan fingerprint density at radius 3 is 2.44 bits per heavy atom. The second kappa shape index (κ2) is 5.31. The Morgan fingerprint density at radius 2 is 2.06 bits per heavy atom. The van der Waals surface area contributed by atoms with Crippen molar-refractivity contribution in [3.05, 3.63) is 10.6 Å². The van der Waals surface area contributed by atoms with E-state index in [1.807, 2.05) is 13.8 Å². The molecule has 0 saturated heterocycles. The number of nitrogens with zero attached hydrogens (tertiary/aromatic N) is 1. The third-order valence-corrected chi connectivity index (χ3v) is 3.11. The Bertz CT molecular complexity index is 382. The summed E-state index contributed by atoms with van der Waals surface area (Å²) < 4.78 is 5.33. The number of hydrogen-bond donors (Lipinski definition) is 0. The third kappa shape index (κ3) is 3.25. The summed E-state index contributed by atoms with van der Waals surface area (Å²) in [5.41, 5.74) is -0.101. The maximum atomic E-state index is 12.1. The first-order chi connectivity index (χ1) is 8.17. The highest BCUT2D eigenvalue weighted by molar-refractivity contribution is 6.32. The van der Waals surface area contributed by atoms with Crippen LogP contribution in [0.3, 0.4) is 0 Å². The Labute approximate surface area is 113 Å². The topological polar surface area (TPSA) is 46.6 Å². The standard InChI is InChI=1S/C13H20ClNO3/c1-8(2)11-10(14)9(7-16)6-15(11)12(17)18-13(3,4)5/h7-8,11H,6H2,1-5H3/t11-/m0/s1. The lowest BCUT2D eigenvalue weighted by Gasteiger charge is -2.31. The minimum Gasteiger partial charge on any atom is -0.444 e. The summed E-state index contributed by atoms with van der Waals surface area (Å²) in [6, 6.07) is -0.276. The van der Waals surface area contributed by atoms with Crippen molar-refractivity contribution in [3.8, 4) is 0 Å². The van der Waals surface area contributed by atoms with Gasteiger partial charge in [0.2, 0.25) is 0 Å². The number of ether oxygens (including phenoxy) is 1. The van der Waals surface area contributed by atoms with Crippen LogP contribution in [0.25, 0.3) is 0 Å². The number of hydrogen-bond acceptors (Lipinski definition) is 3. The van der Waals surface area contributed by atoms with Crippen LogP contribution in [0.5, 0.6) is 0 Å². The summed E-state index contributed by atoms with van der Waals surface area (Å²) in [5, 5.41) is 0.450. The zero-order chi connectivity index (χ0) is 14.1. The molecule has 1 aliphatic heterocycles. The summed E-state index contributed by atoms with van der Waals surface area (Å²) in [4.78, 5) is 24.5. The van der Waals surface area contributed by atoms with Gasteiger partial charge < -0.3 is 4.74 Å². The van der Waals surface area contributed by atoms with Crippen molar-refractivity contribution in [2.75, 3.05) is 6.54 Å². The van der Waals surface area contributed by atoms with Crippen molar-refractivity contribution in [2.24, 2.45) is 5.92 Å². The molecule has 1 amide bonds. The lowest BCUT2D eigenvalue weighted by Crippen LogP contribution is -2.43. The van der Waals surface area contributed by atoms with Crippen molar-refractivity contribution in [3.63, 3.8) is 0 Å². The summed E-state index contributed by atoms with van der Waals surface area (Å²) in [5.74, 6) is 0.127. The number of amides is 1. The first-order valence-electron chi connectivity index (χ1n) is 6.00. The minimum absolute atomic E-state index is 0.127. The normalized spacial score (nSPS) is 20.6. The zero-order valence-electron chi connectivity index (χ0n) is 11.5. The van der Waals surface area contributed by atoms with Crippen molar-refractivity contribution < 1.29 is 14.3 Å². The fourth-order valence-electron chi connectivity index (χ4n) is 1.93. The van der Waals surface area contributed by atoms with Crippen LogP contribution >= 0.6 is 11.6 Å². The van der Waals surface area contributed by atoms with Crippen LogP contribution in [0, 0.1) is 5.92 Å². The average Bonchev–Trinajstić information content (AvgIpc) is 2.52. The van der Waals surface area contributed by atoms with Gasteiger partial charge in [-0.25, -0.2) is 4.79 Å². The van der Waals surface area contributed by atoms with E-state index in [0.29, 0.717) is 16.9 Å². The van der Waals surface area contributed by atoms with E-state index in [-0.39, 0.29) is 18.5 Å². The van der Waals surface area contributed by atoms with Crippen molar-refractivity contribution in [2.45, 2.75) is 46.3 Å². The molecule has 0 bridgehead atoms. The first-order valence-corrected chi connectivity index (χ1v) is 6.38.